The number of hydrogen-bond donors (Lipinski definition) is 2. The molecule has 1 saturated heterocycles. The van der Waals surface area contributed by atoms with Gasteiger partial charge in [-0.05, 0) is 17.7 Å². The Morgan fingerprint density at radius 2 is 2.12 bits per heavy atom. The van der Waals surface area contributed by atoms with Crippen LogP contribution in [0.15, 0.2) is 23.2 Å². The van der Waals surface area contributed by atoms with E-state index in [1.165, 1.54) is 23.7 Å². The van der Waals surface area contributed by atoms with Gasteiger partial charge in [0.1, 0.15) is 5.82 Å². The molecule has 0 saturated carbocycles. The second-order valence-corrected chi connectivity index (χ2v) is 6.74. The van der Waals surface area contributed by atoms with Gasteiger partial charge in [0.05, 0.1) is 0 Å². The monoisotopic (exact) mass is 378 g/mol. The molecule has 26 heavy (non-hydrogen) atoms. The number of nitrogens with one attached hydrogen (secondary N) is 1. The highest BCUT2D eigenvalue weighted by molar-refractivity contribution is 7.09. The standard InChI is InChI=1S/C17H23FN6OS/c1-3-15-21-17(26-22-15)24-8-6-23(7-9-24)16(19-2)20-11-12-4-5-14(25)13(18)10-12/h4-5,10,25H,3,6-9,11H2,1-2H3,(H,19,20). The van der Waals surface area contributed by atoms with E-state index in [4.69, 9.17) is 0 Å². The zero-order valence-corrected chi connectivity index (χ0v) is 15.8. The van der Waals surface area contributed by atoms with Crippen LogP contribution in [0.4, 0.5) is 9.52 Å². The van der Waals surface area contributed by atoms with Crippen molar-refractivity contribution in [1.82, 2.24) is 19.6 Å². The number of anilines is 1. The highest BCUT2D eigenvalue weighted by atomic mass is 32.1. The summed E-state index contributed by atoms with van der Waals surface area (Å²) in [6.07, 6.45) is 0.852. The third-order valence-electron chi connectivity index (χ3n) is 4.30. The Balaban J connectivity index is 1.54. The summed E-state index contributed by atoms with van der Waals surface area (Å²) < 4.78 is 17.8. The molecule has 1 aliphatic heterocycles. The van der Waals surface area contributed by atoms with Gasteiger partial charge in [-0.3, -0.25) is 4.99 Å². The molecular formula is C17H23FN6OS. The number of aromatic hydroxyl groups is 1. The third kappa shape index (κ3) is 4.21. The molecule has 0 bridgehead atoms. The smallest absolute Gasteiger partial charge is 0.205 e. The first-order chi connectivity index (χ1) is 12.6. The largest absolute Gasteiger partial charge is 0.505 e. The molecule has 2 N–H and O–H groups in total. The highest BCUT2D eigenvalue weighted by Gasteiger charge is 2.22. The van der Waals surface area contributed by atoms with Crippen molar-refractivity contribution in [3.63, 3.8) is 0 Å². The Morgan fingerprint density at radius 3 is 2.73 bits per heavy atom. The molecule has 1 aromatic carbocycles. The number of hydrogen-bond acceptors (Lipinski definition) is 6. The molecule has 0 radical (unpaired) electrons. The zero-order valence-electron chi connectivity index (χ0n) is 14.9. The summed E-state index contributed by atoms with van der Waals surface area (Å²) in [6, 6.07) is 4.38. The van der Waals surface area contributed by atoms with Crippen LogP contribution < -0.4 is 10.2 Å². The molecule has 1 fully saturated rings. The van der Waals surface area contributed by atoms with Crippen molar-refractivity contribution < 1.29 is 9.50 Å². The maximum absolute atomic E-state index is 13.4. The van der Waals surface area contributed by atoms with E-state index >= 15 is 0 Å². The minimum absolute atomic E-state index is 0.336. The molecular weight excluding hydrogens is 355 g/mol. The van der Waals surface area contributed by atoms with Gasteiger partial charge in [-0.2, -0.15) is 4.37 Å². The van der Waals surface area contributed by atoms with E-state index in [9.17, 15) is 9.50 Å². The molecule has 3 rings (SSSR count). The fourth-order valence-corrected chi connectivity index (χ4v) is 3.60. The average Bonchev–Trinajstić information content (AvgIpc) is 3.15. The second-order valence-electron chi connectivity index (χ2n) is 6.01. The highest BCUT2D eigenvalue weighted by Crippen LogP contribution is 2.19. The van der Waals surface area contributed by atoms with Crippen LogP contribution in [0, 0.1) is 5.82 Å². The van der Waals surface area contributed by atoms with Crippen LogP contribution in [0.3, 0.4) is 0 Å². The topological polar surface area (TPSA) is 76.9 Å². The predicted octanol–water partition coefficient (Wildman–Crippen LogP) is 1.84. The van der Waals surface area contributed by atoms with Crippen LogP contribution >= 0.6 is 11.5 Å². The van der Waals surface area contributed by atoms with E-state index < -0.39 is 5.82 Å². The fourth-order valence-electron chi connectivity index (χ4n) is 2.80. The molecule has 0 atom stereocenters. The second kappa shape index (κ2) is 8.31. The van der Waals surface area contributed by atoms with E-state index in [0.29, 0.717) is 6.54 Å². The molecule has 0 unspecified atom stereocenters. The van der Waals surface area contributed by atoms with E-state index in [1.807, 2.05) is 0 Å². The van der Waals surface area contributed by atoms with Crippen LogP contribution in [-0.2, 0) is 13.0 Å². The SMILES string of the molecule is CCc1nsc(N2CCN(C(=NC)NCc3ccc(O)c(F)c3)CC2)n1. The molecule has 0 aliphatic carbocycles. The lowest BCUT2D eigenvalue weighted by molar-refractivity contribution is 0.372. The Kier molecular flexibility index (Phi) is 5.87. The number of nitrogens with zero attached hydrogens (tertiary/aromatic N) is 5. The van der Waals surface area contributed by atoms with Crippen molar-refractivity contribution in [3.8, 4) is 5.75 Å². The number of halogens is 1. The number of aromatic nitrogens is 2. The van der Waals surface area contributed by atoms with Gasteiger partial charge in [0.2, 0.25) is 5.13 Å². The first-order valence-corrected chi connectivity index (χ1v) is 9.38. The van der Waals surface area contributed by atoms with Gasteiger partial charge in [0, 0.05) is 57.7 Å². The van der Waals surface area contributed by atoms with Crippen molar-refractivity contribution in [1.29, 1.82) is 0 Å². The van der Waals surface area contributed by atoms with Crippen molar-refractivity contribution in [2.24, 2.45) is 4.99 Å². The molecule has 1 aromatic heterocycles. The van der Waals surface area contributed by atoms with Gasteiger partial charge < -0.3 is 20.2 Å². The fraction of sp³-hybridized carbons (Fsp3) is 0.471. The normalized spacial score (nSPS) is 15.4. The third-order valence-corrected chi connectivity index (χ3v) is 5.11. The van der Waals surface area contributed by atoms with Gasteiger partial charge in [0.15, 0.2) is 17.5 Å². The van der Waals surface area contributed by atoms with E-state index in [0.717, 1.165) is 55.1 Å². The number of rotatable bonds is 4. The van der Waals surface area contributed by atoms with Crippen LogP contribution in [0.2, 0.25) is 0 Å². The number of phenols is 1. The molecule has 2 heterocycles. The first-order valence-electron chi connectivity index (χ1n) is 8.61. The lowest BCUT2D eigenvalue weighted by Crippen LogP contribution is -2.52. The number of guanidine groups is 1. The lowest BCUT2D eigenvalue weighted by Gasteiger charge is -2.36. The number of piperazine rings is 1. The van der Waals surface area contributed by atoms with Gasteiger partial charge in [-0.15, -0.1) is 0 Å². The van der Waals surface area contributed by atoms with E-state index in [-0.39, 0.29) is 5.75 Å². The Hall–Kier alpha value is -2.42. The molecule has 140 valence electrons. The van der Waals surface area contributed by atoms with E-state index in [2.05, 4.69) is 36.4 Å². The van der Waals surface area contributed by atoms with Crippen LogP contribution in [-0.4, -0.2) is 58.6 Å². The minimum Gasteiger partial charge on any atom is -0.505 e. The Morgan fingerprint density at radius 1 is 1.35 bits per heavy atom. The number of benzene rings is 1. The van der Waals surface area contributed by atoms with Gasteiger partial charge >= 0.3 is 0 Å². The molecule has 0 amide bonds. The quantitative estimate of drug-likeness (QED) is 0.625. The number of aliphatic imine (C=N–C) groups is 1. The van der Waals surface area contributed by atoms with Crippen molar-refractivity contribution in [2.75, 3.05) is 38.1 Å². The van der Waals surface area contributed by atoms with E-state index in [1.54, 1.807) is 13.1 Å². The lowest BCUT2D eigenvalue weighted by atomic mass is 10.2. The summed E-state index contributed by atoms with van der Waals surface area (Å²) in [7, 11) is 1.74. The van der Waals surface area contributed by atoms with Crippen LogP contribution in [0.25, 0.3) is 0 Å². The minimum atomic E-state index is -0.614. The molecule has 1 aliphatic rings. The molecule has 2 aromatic rings. The van der Waals surface area contributed by atoms with Crippen molar-refractivity contribution in [3.05, 3.63) is 35.4 Å². The molecule has 0 spiro atoms. The summed E-state index contributed by atoms with van der Waals surface area (Å²) in [6.45, 7) is 5.86. The first kappa shape index (κ1) is 18.4. The Labute approximate surface area is 156 Å². The number of aryl methyl sites for hydroxylation is 1. The van der Waals surface area contributed by atoms with Gasteiger partial charge in [-0.1, -0.05) is 13.0 Å². The number of phenolic OH excluding ortho intramolecular Hbond substituents is 1. The van der Waals surface area contributed by atoms with Crippen molar-refractivity contribution >= 4 is 22.6 Å². The zero-order chi connectivity index (χ0) is 18.5. The van der Waals surface area contributed by atoms with Crippen molar-refractivity contribution in [2.45, 2.75) is 19.9 Å². The summed E-state index contributed by atoms with van der Waals surface area (Å²) in [4.78, 5) is 13.3. The average molecular weight is 378 g/mol. The maximum Gasteiger partial charge on any atom is 0.205 e. The Bertz CT molecular complexity index is 772. The van der Waals surface area contributed by atoms with Gasteiger partial charge in [-0.25, -0.2) is 9.37 Å². The summed E-state index contributed by atoms with van der Waals surface area (Å²) in [5.74, 6) is 0.726. The molecule has 7 nitrogen and oxygen atoms in total. The van der Waals surface area contributed by atoms with Gasteiger partial charge in [0.25, 0.3) is 0 Å². The maximum atomic E-state index is 13.4. The summed E-state index contributed by atoms with van der Waals surface area (Å²) in [5.41, 5.74) is 0.751. The van der Waals surface area contributed by atoms with Crippen LogP contribution in [0.1, 0.15) is 18.3 Å². The van der Waals surface area contributed by atoms with Crippen LogP contribution in [0.5, 0.6) is 5.75 Å². The summed E-state index contributed by atoms with van der Waals surface area (Å²) >= 11 is 1.45. The molecule has 9 heteroatoms. The predicted molar refractivity (Wildman–Crippen MR) is 101 cm³/mol. The summed E-state index contributed by atoms with van der Waals surface area (Å²) in [5, 5.41) is 13.5.